The molecule has 0 radical (unpaired) electrons. The van der Waals surface area contributed by atoms with Crippen LogP contribution in [0.2, 0.25) is 0 Å². The predicted molar refractivity (Wildman–Crippen MR) is 75.2 cm³/mol. The zero-order valence-electron chi connectivity index (χ0n) is 11.7. The second-order valence-electron chi connectivity index (χ2n) is 6.19. The van der Waals surface area contributed by atoms with Gasteiger partial charge in [0.1, 0.15) is 6.10 Å². The Morgan fingerprint density at radius 1 is 1.25 bits per heavy atom. The number of piperazine rings is 1. The van der Waals surface area contributed by atoms with Crippen LogP contribution in [0.15, 0.2) is 30.3 Å². The maximum absolute atomic E-state index is 11.9. The summed E-state index contributed by atoms with van der Waals surface area (Å²) in [4.78, 5) is 16.4. The highest BCUT2D eigenvalue weighted by molar-refractivity contribution is 5.71. The normalized spacial score (nSPS) is 36.0. The number of hydrogen-bond acceptors (Lipinski definition) is 3. The fraction of sp³-hybridized carbons (Fsp3) is 0.562. The highest BCUT2D eigenvalue weighted by Gasteiger charge is 2.54. The van der Waals surface area contributed by atoms with Gasteiger partial charge < -0.3 is 4.74 Å². The van der Waals surface area contributed by atoms with Crippen LogP contribution < -0.4 is 0 Å². The smallest absolute Gasteiger partial charge is 0.410 e. The molecule has 3 fully saturated rings. The van der Waals surface area contributed by atoms with Crippen molar-refractivity contribution < 1.29 is 9.53 Å². The van der Waals surface area contributed by atoms with Crippen molar-refractivity contribution in [3.05, 3.63) is 35.9 Å². The Kier molecular flexibility index (Phi) is 2.74. The first-order valence-electron chi connectivity index (χ1n) is 7.51. The number of carbonyl (C=O) groups excluding carboxylic acids is 1. The molecule has 1 aromatic carbocycles. The number of amides is 1. The van der Waals surface area contributed by atoms with Gasteiger partial charge in [0.05, 0.1) is 6.04 Å². The Morgan fingerprint density at radius 2 is 2.05 bits per heavy atom. The average molecular weight is 272 g/mol. The van der Waals surface area contributed by atoms with Gasteiger partial charge in [-0.05, 0) is 25.3 Å². The number of cyclic esters (lactones) is 1. The van der Waals surface area contributed by atoms with Crippen molar-refractivity contribution in [3.63, 3.8) is 0 Å². The zero-order valence-corrected chi connectivity index (χ0v) is 11.7. The Morgan fingerprint density at radius 3 is 2.85 bits per heavy atom. The first-order valence-corrected chi connectivity index (χ1v) is 7.51. The Balaban J connectivity index is 1.59. The number of rotatable bonds is 2. The molecule has 2 bridgehead atoms. The molecule has 0 unspecified atom stereocenters. The van der Waals surface area contributed by atoms with Gasteiger partial charge in [-0.2, -0.15) is 0 Å². The number of nitrogens with zero attached hydrogens (tertiary/aromatic N) is 2. The molecule has 3 heterocycles. The van der Waals surface area contributed by atoms with Crippen molar-refractivity contribution in [2.24, 2.45) is 0 Å². The quantitative estimate of drug-likeness (QED) is 0.827. The predicted octanol–water partition coefficient (Wildman–Crippen LogP) is 2.24. The molecule has 0 aromatic heterocycles. The van der Waals surface area contributed by atoms with E-state index in [4.69, 9.17) is 4.74 Å². The molecule has 106 valence electrons. The number of carbonyl (C=O) groups is 1. The Hall–Kier alpha value is -1.55. The minimum absolute atomic E-state index is 0.0184. The zero-order chi connectivity index (χ0) is 13.7. The Bertz CT molecular complexity index is 518. The van der Waals surface area contributed by atoms with Crippen LogP contribution in [-0.2, 0) is 11.3 Å². The van der Waals surface area contributed by atoms with Crippen molar-refractivity contribution in [2.75, 3.05) is 6.54 Å². The van der Waals surface area contributed by atoms with E-state index in [1.165, 1.54) is 18.4 Å². The van der Waals surface area contributed by atoms with E-state index in [0.29, 0.717) is 12.1 Å². The van der Waals surface area contributed by atoms with E-state index < -0.39 is 0 Å². The number of hydrogen-bond donors (Lipinski definition) is 0. The minimum Gasteiger partial charge on any atom is -0.444 e. The average Bonchev–Trinajstić information content (AvgIpc) is 2.87. The van der Waals surface area contributed by atoms with E-state index in [-0.39, 0.29) is 18.2 Å². The highest BCUT2D eigenvalue weighted by Crippen LogP contribution is 2.40. The molecule has 1 amide bonds. The van der Waals surface area contributed by atoms with Crippen molar-refractivity contribution in [2.45, 2.75) is 50.5 Å². The fourth-order valence-electron chi connectivity index (χ4n) is 4.18. The summed E-state index contributed by atoms with van der Waals surface area (Å²) in [6.07, 6.45) is 2.29. The molecule has 4 nitrogen and oxygen atoms in total. The lowest BCUT2D eigenvalue weighted by Crippen LogP contribution is -2.59. The van der Waals surface area contributed by atoms with E-state index >= 15 is 0 Å². The van der Waals surface area contributed by atoms with Gasteiger partial charge in [-0.1, -0.05) is 30.3 Å². The topological polar surface area (TPSA) is 32.8 Å². The fourth-order valence-corrected chi connectivity index (χ4v) is 4.18. The minimum atomic E-state index is -0.112. The molecule has 0 spiro atoms. The van der Waals surface area contributed by atoms with Crippen LogP contribution in [0.3, 0.4) is 0 Å². The summed E-state index contributed by atoms with van der Waals surface area (Å²) in [5.41, 5.74) is 1.36. The molecule has 0 N–H and O–H groups in total. The number of ether oxygens (including phenoxy) is 1. The van der Waals surface area contributed by atoms with Crippen LogP contribution in [0.25, 0.3) is 0 Å². The van der Waals surface area contributed by atoms with E-state index in [1.54, 1.807) is 0 Å². The molecule has 3 aliphatic heterocycles. The van der Waals surface area contributed by atoms with Crippen molar-refractivity contribution in [1.29, 1.82) is 0 Å². The van der Waals surface area contributed by atoms with Gasteiger partial charge in [0.25, 0.3) is 0 Å². The van der Waals surface area contributed by atoms with E-state index in [0.717, 1.165) is 13.1 Å². The van der Waals surface area contributed by atoms with Crippen molar-refractivity contribution >= 4 is 6.09 Å². The molecule has 4 heteroatoms. The summed E-state index contributed by atoms with van der Waals surface area (Å²) in [5.74, 6) is 0. The van der Waals surface area contributed by atoms with Crippen LogP contribution in [0.1, 0.15) is 25.3 Å². The van der Waals surface area contributed by atoms with Gasteiger partial charge >= 0.3 is 6.09 Å². The van der Waals surface area contributed by atoms with Gasteiger partial charge in [-0.15, -0.1) is 0 Å². The van der Waals surface area contributed by atoms with Gasteiger partial charge in [0, 0.05) is 25.2 Å². The second-order valence-corrected chi connectivity index (χ2v) is 6.19. The molecular formula is C16H20N2O2. The molecular weight excluding hydrogens is 252 g/mol. The first-order chi connectivity index (χ1) is 9.74. The Labute approximate surface area is 119 Å². The molecule has 1 aromatic rings. The van der Waals surface area contributed by atoms with Gasteiger partial charge in [-0.25, -0.2) is 4.79 Å². The lowest BCUT2D eigenvalue weighted by atomic mass is 9.99. The lowest BCUT2D eigenvalue weighted by molar-refractivity contribution is 0.0395. The molecule has 20 heavy (non-hydrogen) atoms. The molecule has 3 aliphatic rings. The standard InChI is InChI=1S/C16H20N2O2/c1-11-15-14-8-7-13(10-18(15)16(19)20-11)17(14)9-12-5-3-2-4-6-12/h2-6,11,13-15H,7-10H2,1H3/t11-,13+,14-,15-/m1/s1. The van der Waals surface area contributed by atoms with Crippen molar-refractivity contribution in [1.82, 2.24) is 9.80 Å². The maximum Gasteiger partial charge on any atom is 0.410 e. The molecule has 0 saturated carbocycles. The van der Waals surface area contributed by atoms with Crippen LogP contribution >= 0.6 is 0 Å². The second kappa shape index (κ2) is 4.48. The van der Waals surface area contributed by atoms with E-state index in [2.05, 4.69) is 35.2 Å². The van der Waals surface area contributed by atoms with Crippen molar-refractivity contribution in [3.8, 4) is 0 Å². The van der Waals surface area contributed by atoms with Gasteiger partial charge in [0.2, 0.25) is 0 Å². The third-order valence-electron chi connectivity index (χ3n) is 5.06. The van der Waals surface area contributed by atoms with Crippen LogP contribution in [0.4, 0.5) is 4.79 Å². The van der Waals surface area contributed by atoms with Gasteiger partial charge in [-0.3, -0.25) is 9.80 Å². The third-order valence-corrected chi connectivity index (χ3v) is 5.06. The summed E-state index contributed by atoms with van der Waals surface area (Å²) in [6.45, 7) is 3.85. The van der Waals surface area contributed by atoms with Gasteiger partial charge in [0.15, 0.2) is 0 Å². The number of benzene rings is 1. The van der Waals surface area contributed by atoms with E-state index in [9.17, 15) is 4.79 Å². The summed E-state index contributed by atoms with van der Waals surface area (Å²) in [7, 11) is 0. The monoisotopic (exact) mass is 272 g/mol. The third kappa shape index (κ3) is 1.74. The molecule has 3 saturated heterocycles. The number of fused-ring (bicyclic) bond motifs is 4. The summed E-state index contributed by atoms with van der Waals surface area (Å²) in [6, 6.07) is 11.8. The maximum atomic E-state index is 11.9. The molecule has 4 atom stereocenters. The lowest BCUT2D eigenvalue weighted by Gasteiger charge is -2.43. The molecule has 4 rings (SSSR count). The largest absolute Gasteiger partial charge is 0.444 e. The molecule has 0 aliphatic carbocycles. The van der Waals surface area contributed by atoms with Crippen LogP contribution in [0.5, 0.6) is 0 Å². The summed E-state index contributed by atoms with van der Waals surface area (Å²) < 4.78 is 5.42. The van der Waals surface area contributed by atoms with Crippen LogP contribution in [0, 0.1) is 0 Å². The highest BCUT2D eigenvalue weighted by atomic mass is 16.6. The van der Waals surface area contributed by atoms with E-state index in [1.807, 2.05) is 11.8 Å². The summed E-state index contributed by atoms with van der Waals surface area (Å²) >= 11 is 0. The summed E-state index contributed by atoms with van der Waals surface area (Å²) in [5, 5.41) is 0. The van der Waals surface area contributed by atoms with Crippen LogP contribution in [-0.4, -0.2) is 46.7 Å². The first kappa shape index (κ1) is 12.2. The SMILES string of the molecule is C[C@H]1OC(=O)N2C[C@@H]3CC[C@H]([C@@H]12)N3Cc1ccccc1.